The van der Waals surface area contributed by atoms with Crippen LogP contribution in [0.2, 0.25) is 0 Å². The normalized spacial score (nSPS) is 12.3. The molecule has 0 saturated carbocycles. The van der Waals surface area contributed by atoms with Gasteiger partial charge in [-0.1, -0.05) is 13.3 Å². The minimum absolute atomic E-state index is 0.0476. The van der Waals surface area contributed by atoms with Crippen molar-refractivity contribution in [1.29, 1.82) is 0 Å². The predicted molar refractivity (Wildman–Crippen MR) is 38.2 cm³/mol. The average Bonchev–Trinajstić information content (AvgIpc) is 1.88. The minimum Gasteiger partial charge on any atom is -0.446 e. The van der Waals surface area contributed by atoms with Crippen molar-refractivity contribution >= 4 is 6.09 Å². The number of ether oxygens (including phenoxy) is 1. The number of carbonyl (C=O) groups excluding carboxylic acids is 1. The summed E-state index contributed by atoms with van der Waals surface area (Å²) in [5.74, 6) is 4.79. The molecule has 0 rings (SSSR count). The first-order chi connectivity index (χ1) is 4.70. The summed E-state index contributed by atoms with van der Waals surface area (Å²) in [5.41, 5.74) is 1.89. The molecule has 60 valence electrons. The van der Waals surface area contributed by atoms with Crippen molar-refractivity contribution in [2.45, 2.75) is 32.8 Å². The second-order valence-electron chi connectivity index (χ2n) is 2.15. The fourth-order valence-electron chi connectivity index (χ4n) is 0.682. The van der Waals surface area contributed by atoms with Crippen LogP contribution in [0.1, 0.15) is 26.7 Å². The Morgan fingerprint density at radius 3 is 2.80 bits per heavy atom. The van der Waals surface area contributed by atoms with E-state index in [1.54, 1.807) is 0 Å². The molecule has 1 atom stereocenters. The summed E-state index contributed by atoms with van der Waals surface area (Å²) in [5, 5.41) is 0. The van der Waals surface area contributed by atoms with Crippen molar-refractivity contribution in [1.82, 2.24) is 5.43 Å². The van der Waals surface area contributed by atoms with E-state index in [0.717, 1.165) is 12.8 Å². The maximum Gasteiger partial charge on any atom is 0.421 e. The molecule has 0 heterocycles. The third kappa shape index (κ3) is 4.14. The Hall–Kier alpha value is -0.770. The summed E-state index contributed by atoms with van der Waals surface area (Å²) in [6.07, 6.45) is 1.25. The van der Waals surface area contributed by atoms with Crippen molar-refractivity contribution < 1.29 is 9.53 Å². The number of hydrogen-bond donors (Lipinski definition) is 2. The fourth-order valence-corrected chi connectivity index (χ4v) is 0.682. The van der Waals surface area contributed by atoms with Crippen LogP contribution in [0.5, 0.6) is 0 Å². The van der Waals surface area contributed by atoms with Gasteiger partial charge in [-0.3, -0.25) is 5.43 Å². The fraction of sp³-hybridized carbons (Fsp3) is 0.833. The Bertz CT molecular complexity index is 106. The van der Waals surface area contributed by atoms with E-state index in [4.69, 9.17) is 10.6 Å². The van der Waals surface area contributed by atoms with E-state index in [2.05, 4.69) is 0 Å². The summed E-state index contributed by atoms with van der Waals surface area (Å²) in [6, 6.07) is 0. The Labute approximate surface area is 60.7 Å². The van der Waals surface area contributed by atoms with E-state index in [1.807, 2.05) is 19.3 Å². The monoisotopic (exact) mass is 146 g/mol. The quantitative estimate of drug-likeness (QED) is 0.351. The molecule has 4 heteroatoms. The van der Waals surface area contributed by atoms with Crippen molar-refractivity contribution in [2.24, 2.45) is 5.84 Å². The van der Waals surface area contributed by atoms with Crippen molar-refractivity contribution in [2.75, 3.05) is 0 Å². The van der Waals surface area contributed by atoms with E-state index < -0.39 is 6.09 Å². The molecule has 0 aromatic rings. The van der Waals surface area contributed by atoms with Crippen LogP contribution in [0, 0.1) is 0 Å². The maximum atomic E-state index is 10.4. The molecule has 0 bridgehead atoms. The van der Waals surface area contributed by atoms with Gasteiger partial charge in [-0.05, 0) is 13.3 Å². The number of nitrogens with one attached hydrogen (secondary N) is 1. The second kappa shape index (κ2) is 5.05. The zero-order chi connectivity index (χ0) is 7.98. The molecule has 1 amide bonds. The van der Waals surface area contributed by atoms with Gasteiger partial charge in [0.15, 0.2) is 0 Å². The zero-order valence-corrected chi connectivity index (χ0v) is 6.39. The van der Waals surface area contributed by atoms with E-state index in [9.17, 15) is 4.79 Å². The molecule has 10 heavy (non-hydrogen) atoms. The van der Waals surface area contributed by atoms with E-state index in [1.165, 1.54) is 0 Å². The molecule has 0 aliphatic heterocycles. The van der Waals surface area contributed by atoms with E-state index >= 15 is 0 Å². The first-order valence-corrected chi connectivity index (χ1v) is 3.38. The second-order valence-corrected chi connectivity index (χ2v) is 2.15. The lowest BCUT2D eigenvalue weighted by atomic mass is 10.2. The van der Waals surface area contributed by atoms with Crippen LogP contribution in [0.25, 0.3) is 0 Å². The lowest BCUT2D eigenvalue weighted by molar-refractivity contribution is 0.102. The first-order valence-electron chi connectivity index (χ1n) is 3.38. The number of rotatable bonds is 3. The van der Waals surface area contributed by atoms with Crippen molar-refractivity contribution in [3.63, 3.8) is 0 Å². The van der Waals surface area contributed by atoms with Crippen LogP contribution < -0.4 is 11.3 Å². The molecule has 4 nitrogen and oxygen atoms in total. The van der Waals surface area contributed by atoms with Gasteiger partial charge in [0.25, 0.3) is 0 Å². The number of carbonyl (C=O) groups is 1. The van der Waals surface area contributed by atoms with Crippen LogP contribution in [0.3, 0.4) is 0 Å². The molecule has 0 aliphatic rings. The first kappa shape index (κ1) is 9.23. The van der Waals surface area contributed by atoms with Crippen LogP contribution >= 0.6 is 0 Å². The highest BCUT2D eigenvalue weighted by atomic mass is 16.6. The van der Waals surface area contributed by atoms with Crippen LogP contribution in [0.15, 0.2) is 0 Å². The minimum atomic E-state index is -0.569. The molecule has 1 unspecified atom stereocenters. The van der Waals surface area contributed by atoms with E-state index in [-0.39, 0.29) is 6.10 Å². The van der Waals surface area contributed by atoms with Gasteiger partial charge in [-0.15, -0.1) is 0 Å². The van der Waals surface area contributed by atoms with Gasteiger partial charge in [-0.2, -0.15) is 0 Å². The van der Waals surface area contributed by atoms with E-state index in [0.29, 0.717) is 0 Å². The highest BCUT2D eigenvalue weighted by Gasteiger charge is 2.04. The third-order valence-electron chi connectivity index (χ3n) is 1.12. The molecule has 0 aliphatic carbocycles. The summed E-state index contributed by atoms with van der Waals surface area (Å²) in [6.45, 7) is 3.86. The number of hydrazine groups is 1. The Kier molecular flexibility index (Phi) is 4.66. The van der Waals surface area contributed by atoms with Crippen LogP contribution in [0.4, 0.5) is 4.79 Å². The number of amides is 1. The van der Waals surface area contributed by atoms with Gasteiger partial charge in [0.05, 0.1) is 0 Å². The summed E-state index contributed by atoms with van der Waals surface area (Å²) in [4.78, 5) is 10.4. The molecule has 0 saturated heterocycles. The molecule has 0 aromatic carbocycles. The van der Waals surface area contributed by atoms with Gasteiger partial charge >= 0.3 is 6.09 Å². The van der Waals surface area contributed by atoms with Gasteiger partial charge < -0.3 is 4.74 Å². The summed E-state index contributed by atoms with van der Waals surface area (Å²) in [7, 11) is 0. The van der Waals surface area contributed by atoms with Crippen LogP contribution in [-0.2, 0) is 4.74 Å². The molecule has 0 radical (unpaired) electrons. The van der Waals surface area contributed by atoms with Gasteiger partial charge in [0.1, 0.15) is 6.10 Å². The molecule has 0 spiro atoms. The number of nitrogens with two attached hydrogens (primary N) is 1. The molecule has 0 fully saturated rings. The standard InChI is InChI=1S/C6H14N2O2/c1-3-4-5(2)10-6(9)8-7/h5H,3-4,7H2,1-2H3,(H,8,9). The largest absolute Gasteiger partial charge is 0.446 e. The highest BCUT2D eigenvalue weighted by Crippen LogP contribution is 1.99. The summed E-state index contributed by atoms with van der Waals surface area (Å²) < 4.78 is 4.76. The predicted octanol–water partition coefficient (Wildman–Crippen LogP) is 0.775. The topological polar surface area (TPSA) is 64.3 Å². The number of hydrogen-bond acceptors (Lipinski definition) is 3. The molecular weight excluding hydrogens is 132 g/mol. The average molecular weight is 146 g/mol. The Morgan fingerprint density at radius 1 is 1.80 bits per heavy atom. The smallest absolute Gasteiger partial charge is 0.421 e. The van der Waals surface area contributed by atoms with Crippen molar-refractivity contribution in [3.8, 4) is 0 Å². The SMILES string of the molecule is CCCC(C)OC(=O)NN. The third-order valence-corrected chi connectivity index (χ3v) is 1.12. The highest BCUT2D eigenvalue weighted by molar-refractivity contribution is 5.66. The molecule has 3 N–H and O–H groups in total. The van der Waals surface area contributed by atoms with Crippen LogP contribution in [-0.4, -0.2) is 12.2 Å². The maximum absolute atomic E-state index is 10.4. The summed E-state index contributed by atoms with van der Waals surface area (Å²) >= 11 is 0. The van der Waals surface area contributed by atoms with Gasteiger partial charge in [-0.25, -0.2) is 10.6 Å². The Balaban J connectivity index is 3.37. The zero-order valence-electron chi connectivity index (χ0n) is 6.39. The van der Waals surface area contributed by atoms with Gasteiger partial charge in [0.2, 0.25) is 0 Å². The van der Waals surface area contributed by atoms with Crippen molar-refractivity contribution in [3.05, 3.63) is 0 Å². The van der Waals surface area contributed by atoms with Gasteiger partial charge in [0, 0.05) is 0 Å². The molecule has 0 aromatic heterocycles. The lowest BCUT2D eigenvalue weighted by Gasteiger charge is -2.10. The molecular formula is C6H14N2O2. The lowest BCUT2D eigenvalue weighted by Crippen LogP contribution is -2.33. The Morgan fingerprint density at radius 2 is 2.40 bits per heavy atom.